The predicted octanol–water partition coefficient (Wildman–Crippen LogP) is 2.89. The molecule has 0 saturated heterocycles. The number of rotatable bonds is 3. The molecule has 1 aromatic carbocycles. The van der Waals surface area contributed by atoms with Crippen LogP contribution in [0.4, 0.5) is 5.69 Å². The molecule has 1 saturated carbocycles. The van der Waals surface area contributed by atoms with Gasteiger partial charge in [0, 0.05) is 24.6 Å². The van der Waals surface area contributed by atoms with E-state index in [1.54, 1.807) is 0 Å². The van der Waals surface area contributed by atoms with Crippen molar-refractivity contribution in [3.8, 4) is 5.75 Å². The Labute approximate surface area is 131 Å². The number of fused-ring (bicyclic) bond motifs is 1. The monoisotopic (exact) mass is 310 g/mol. The molecule has 3 N–H and O–H groups in total. The lowest BCUT2D eigenvalue weighted by Crippen LogP contribution is -2.35. The van der Waals surface area contributed by atoms with Gasteiger partial charge in [-0.1, -0.05) is 12.8 Å². The van der Waals surface area contributed by atoms with Crippen LogP contribution >= 0.6 is 12.4 Å². The Hall–Kier alpha value is -1.26. The summed E-state index contributed by atoms with van der Waals surface area (Å²) in [5.74, 6) is 1.35. The summed E-state index contributed by atoms with van der Waals surface area (Å²) in [7, 11) is 0. The molecule has 1 heterocycles. The lowest BCUT2D eigenvalue weighted by Gasteiger charge is -2.27. The van der Waals surface area contributed by atoms with Crippen LogP contribution in [-0.4, -0.2) is 18.6 Å². The molecule has 2 atom stereocenters. The molecule has 0 spiro atoms. The Kier molecular flexibility index (Phi) is 5.48. The molecule has 2 aliphatic rings. The average molecular weight is 311 g/mol. The van der Waals surface area contributed by atoms with Crippen molar-refractivity contribution in [1.82, 2.24) is 0 Å². The Morgan fingerprint density at radius 2 is 2.14 bits per heavy atom. The van der Waals surface area contributed by atoms with Crippen LogP contribution in [0.15, 0.2) is 18.2 Å². The molecule has 1 aromatic rings. The quantitative estimate of drug-likeness (QED) is 0.902. The molecule has 21 heavy (non-hydrogen) atoms. The maximum atomic E-state index is 12.1. The van der Waals surface area contributed by atoms with E-state index in [9.17, 15) is 4.79 Å². The van der Waals surface area contributed by atoms with Crippen LogP contribution in [0.1, 0.15) is 37.7 Å². The second-order valence-electron chi connectivity index (χ2n) is 5.88. The van der Waals surface area contributed by atoms with Gasteiger partial charge in [0.1, 0.15) is 5.75 Å². The van der Waals surface area contributed by atoms with Crippen molar-refractivity contribution in [2.24, 2.45) is 11.7 Å². The van der Waals surface area contributed by atoms with Gasteiger partial charge in [-0.25, -0.2) is 0 Å². The van der Waals surface area contributed by atoms with E-state index in [0.29, 0.717) is 12.3 Å². The highest BCUT2D eigenvalue weighted by atomic mass is 35.5. The standard InChI is InChI=1S/C16H22N2O2.ClH/c17-14-4-2-1-3-11(14)10-16(19)18-13-5-6-15-12(9-13)7-8-20-15;/h5-6,9,11,14H,1-4,7-8,10,17H2,(H,18,19);1H. The van der Waals surface area contributed by atoms with E-state index in [1.807, 2.05) is 18.2 Å². The average Bonchev–Trinajstić information content (AvgIpc) is 2.89. The van der Waals surface area contributed by atoms with Gasteiger partial charge in [-0.05, 0) is 42.5 Å². The maximum Gasteiger partial charge on any atom is 0.224 e. The number of nitrogens with one attached hydrogen (secondary N) is 1. The fraction of sp³-hybridized carbons (Fsp3) is 0.562. The Bertz CT molecular complexity index is 507. The summed E-state index contributed by atoms with van der Waals surface area (Å²) >= 11 is 0. The molecule has 2 unspecified atom stereocenters. The molecular formula is C16H23ClN2O2. The van der Waals surface area contributed by atoms with Crippen molar-refractivity contribution in [2.45, 2.75) is 44.6 Å². The molecule has 0 bridgehead atoms. The zero-order valence-corrected chi connectivity index (χ0v) is 13.0. The van der Waals surface area contributed by atoms with E-state index < -0.39 is 0 Å². The third-order valence-corrected chi connectivity index (χ3v) is 4.39. The van der Waals surface area contributed by atoms with E-state index in [2.05, 4.69) is 5.32 Å². The molecule has 4 nitrogen and oxygen atoms in total. The highest BCUT2D eigenvalue weighted by molar-refractivity contribution is 5.91. The van der Waals surface area contributed by atoms with Crippen molar-refractivity contribution >= 4 is 24.0 Å². The lowest BCUT2D eigenvalue weighted by atomic mass is 9.83. The van der Waals surface area contributed by atoms with Crippen molar-refractivity contribution in [2.75, 3.05) is 11.9 Å². The predicted molar refractivity (Wildman–Crippen MR) is 86.1 cm³/mol. The molecule has 1 amide bonds. The number of hydrogen-bond donors (Lipinski definition) is 2. The van der Waals surface area contributed by atoms with Crippen LogP contribution in [0.3, 0.4) is 0 Å². The second-order valence-corrected chi connectivity index (χ2v) is 5.88. The van der Waals surface area contributed by atoms with Gasteiger partial charge in [0.05, 0.1) is 6.61 Å². The highest BCUT2D eigenvalue weighted by Crippen LogP contribution is 2.29. The molecule has 116 valence electrons. The molecule has 1 aliphatic heterocycles. The van der Waals surface area contributed by atoms with Gasteiger partial charge in [-0.15, -0.1) is 12.4 Å². The Morgan fingerprint density at radius 1 is 1.33 bits per heavy atom. The van der Waals surface area contributed by atoms with E-state index in [1.165, 1.54) is 18.4 Å². The lowest BCUT2D eigenvalue weighted by molar-refractivity contribution is -0.117. The van der Waals surface area contributed by atoms with Gasteiger partial charge in [-0.3, -0.25) is 4.79 Å². The first kappa shape index (κ1) is 16.1. The summed E-state index contributed by atoms with van der Waals surface area (Å²) in [6.45, 7) is 0.740. The number of ether oxygens (including phenoxy) is 1. The topological polar surface area (TPSA) is 64.4 Å². The Morgan fingerprint density at radius 3 is 2.95 bits per heavy atom. The summed E-state index contributed by atoms with van der Waals surface area (Å²) < 4.78 is 5.46. The number of anilines is 1. The van der Waals surface area contributed by atoms with Crippen molar-refractivity contribution in [3.63, 3.8) is 0 Å². The molecule has 1 fully saturated rings. The maximum absolute atomic E-state index is 12.1. The number of halogens is 1. The van der Waals surface area contributed by atoms with Gasteiger partial charge in [-0.2, -0.15) is 0 Å². The summed E-state index contributed by atoms with van der Waals surface area (Å²) in [6, 6.07) is 6.04. The fourth-order valence-corrected chi connectivity index (χ4v) is 3.20. The molecule has 0 radical (unpaired) electrons. The number of amides is 1. The molecular weight excluding hydrogens is 288 g/mol. The summed E-state index contributed by atoms with van der Waals surface area (Å²) in [5.41, 5.74) is 8.14. The van der Waals surface area contributed by atoms with Crippen molar-refractivity contribution < 1.29 is 9.53 Å². The molecule has 3 rings (SSSR count). The number of hydrogen-bond acceptors (Lipinski definition) is 3. The zero-order chi connectivity index (χ0) is 13.9. The first-order valence-corrected chi connectivity index (χ1v) is 7.53. The van der Waals surface area contributed by atoms with E-state index in [0.717, 1.165) is 37.3 Å². The largest absolute Gasteiger partial charge is 0.493 e. The number of carbonyl (C=O) groups excluding carboxylic acids is 1. The van der Waals surface area contributed by atoms with Crippen LogP contribution in [0, 0.1) is 5.92 Å². The number of nitrogens with two attached hydrogens (primary N) is 1. The number of carbonyl (C=O) groups is 1. The highest BCUT2D eigenvalue weighted by Gasteiger charge is 2.24. The van der Waals surface area contributed by atoms with Crippen molar-refractivity contribution in [1.29, 1.82) is 0 Å². The Balaban J connectivity index is 0.00000161. The van der Waals surface area contributed by atoms with Gasteiger partial charge in [0.2, 0.25) is 5.91 Å². The van der Waals surface area contributed by atoms with Crippen molar-refractivity contribution in [3.05, 3.63) is 23.8 Å². The van der Waals surface area contributed by atoms with Crippen LogP contribution in [0.5, 0.6) is 5.75 Å². The normalized spacial score (nSPS) is 23.7. The molecule has 0 aromatic heterocycles. The van der Waals surface area contributed by atoms with Gasteiger partial charge in [0.25, 0.3) is 0 Å². The first-order valence-electron chi connectivity index (χ1n) is 7.53. The summed E-state index contributed by atoms with van der Waals surface area (Å²) in [6.07, 6.45) is 5.98. The van der Waals surface area contributed by atoms with E-state index in [-0.39, 0.29) is 24.4 Å². The zero-order valence-electron chi connectivity index (χ0n) is 12.1. The minimum absolute atomic E-state index is 0. The second kappa shape index (κ2) is 7.14. The van der Waals surface area contributed by atoms with E-state index >= 15 is 0 Å². The first-order chi connectivity index (χ1) is 9.72. The van der Waals surface area contributed by atoms with Gasteiger partial charge < -0.3 is 15.8 Å². The van der Waals surface area contributed by atoms with Crippen LogP contribution in [0.25, 0.3) is 0 Å². The number of benzene rings is 1. The minimum Gasteiger partial charge on any atom is -0.493 e. The van der Waals surface area contributed by atoms with Crippen LogP contribution in [-0.2, 0) is 11.2 Å². The van der Waals surface area contributed by atoms with Gasteiger partial charge >= 0.3 is 0 Å². The smallest absolute Gasteiger partial charge is 0.224 e. The fourth-order valence-electron chi connectivity index (χ4n) is 3.20. The SMILES string of the molecule is Cl.NC1CCCCC1CC(=O)Nc1ccc2c(c1)CCO2. The minimum atomic E-state index is 0. The summed E-state index contributed by atoms with van der Waals surface area (Å²) in [4.78, 5) is 12.1. The third kappa shape index (κ3) is 3.89. The third-order valence-electron chi connectivity index (χ3n) is 4.39. The van der Waals surface area contributed by atoms with Gasteiger partial charge in [0.15, 0.2) is 0 Å². The van der Waals surface area contributed by atoms with E-state index in [4.69, 9.17) is 10.5 Å². The molecule has 1 aliphatic carbocycles. The molecule has 5 heteroatoms. The summed E-state index contributed by atoms with van der Waals surface area (Å²) in [5, 5.41) is 2.99. The van der Waals surface area contributed by atoms with Crippen LogP contribution in [0.2, 0.25) is 0 Å². The van der Waals surface area contributed by atoms with Crippen LogP contribution < -0.4 is 15.8 Å².